The molecule has 1 unspecified atom stereocenters. The van der Waals surface area contributed by atoms with Gasteiger partial charge in [-0.2, -0.15) is 0 Å². The molecule has 1 atom stereocenters. The fourth-order valence-electron chi connectivity index (χ4n) is 1.70. The van der Waals surface area contributed by atoms with Crippen molar-refractivity contribution in [2.45, 2.75) is 19.4 Å². The second-order valence-electron chi connectivity index (χ2n) is 4.05. The van der Waals surface area contributed by atoms with E-state index in [4.69, 9.17) is 16.4 Å². The van der Waals surface area contributed by atoms with Crippen LogP contribution in [0.3, 0.4) is 0 Å². The normalized spacial score (nSPS) is 16.6. The largest absolute Gasteiger partial charge is 0.464 e. The zero-order chi connectivity index (χ0) is 14.7. The predicted molar refractivity (Wildman–Crippen MR) is 71.8 cm³/mol. The molecular weight excluding hydrogens is 286 g/mol. The maximum atomic E-state index is 11.7. The van der Waals surface area contributed by atoms with Crippen LogP contribution in [-0.4, -0.2) is 30.2 Å². The second-order valence-corrected chi connectivity index (χ2v) is 4.43. The third kappa shape index (κ3) is 2.88. The fraction of sp³-hybridized carbons (Fsp3) is 0.333. The summed E-state index contributed by atoms with van der Waals surface area (Å²) in [6.45, 7) is 1.34. The van der Waals surface area contributed by atoms with Gasteiger partial charge < -0.3 is 14.9 Å². The molecular formula is C12H12ClN3O4. The molecule has 8 heteroatoms. The number of oxime groups is 1. The number of halogens is 1. The maximum absolute atomic E-state index is 11.7. The lowest BCUT2D eigenvalue weighted by Crippen LogP contribution is -2.14. The lowest BCUT2D eigenvalue weighted by molar-refractivity contribution is -0.114. The van der Waals surface area contributed by atoms with Gasteiger partial charge in [0.15, 0.2) is 11.8 Å². The zero-order valence-electron chi connectivity index (χ0n) is 10.8. The summed E-state index contributed by atoms with van der Waals surface area (Å²) >= 11 is 6.06. The molecule has 2 heterocycles. The minimum atomic E-state index is -0.692. The first-order valence-electron chi connectivity index (χ1n) is 5.77. The SMILES string of the molecule is COC(=O)c1nc(C2CC=NO2)cc(NC(C)=O)c1Cl. The molecule has 2 rings (SSSR count). The fourth-order valence-corrected chi connectivity index (χ4v) is 1.92. The number of ether oxygens (including phenoxy) is 1. The number of pyridine rings is 1. The first-order chi connectivity index (χ1) is 9.52. The van der Waals surface area contributed by atoms with E-state index in [2.05, 4.69) is 20.2 Å². The van der Waals surface area contributed by atoms with Crippen molar-refractivity contribution in [3.05, 3.63) is 22.5 Å². The van der Waals surface area contributed by atoms with E-state index in [9.17, 15) is 9.59 Å². The topological polar surface area (TPSA) is 89.9 Å². The number of methoxy groups -OCH3 is 1. The van der Waals surface area contributed by atoms with Gasteiger partial charge in [-0.25, -0.2) is 9.78 Å². The van der Waals surface area contributed by atoms with Crippen LogP contribution >= 0.6 is 11.6 Å². The molecule has 0 fully saturated rings. The summed E-state index contributed by atoms with van der Waals surface area (Å²) in [4.78, 5) is 32.1. The Morgan fingerprint density at radius 2 is 2.30 bits per heavy atom. The van der Waals surface area contributed by atoms with Crippen molar-refractivity contribution >= 4 is 35.4 Å². The zero-order valence-corrected chi connectivity index (χ0v) is 11.6. The Morgan fingerprint density at radius 1 is 1.55 bits per heavy atom. The van der Waals surface area contributed by atoms with E-state index in [1.165, 1.54) is 14.0 Å². The lowest BCUT2D eigenvalue weighted by atomic mass is 10.1. The lowest BCUT2D eigenvalue weighted by Gasteiger charge is -2.13. The van der Waals surface area contributed by atoms with Gasteiger partial charge in [-0.3, -0.25) is 4.79 Å². The van der Waals surface area contributed by atoms with E-state index >= 15 is 0 Å². The minimum Gasteiger partial charge on any atom is -0.464 e. The van der Waals surface area contributed by atoms with E-state index in [1.54, 1.807) is 12.3 Å². The predicted octanol–water partition coefficient (Wildman–Crippen LogP) is 1.93. The number of amides is 1. The van der Waals surface area contributed by atoms with Gasteiger partial charge >= 0.3 is 5.97 Å². The first kappa shape index (κ1) is 14.3. The molecule has 106 valence electrons. The van der Waals surface area contributed by atoms with Gasteiger partial charge in [-0.1, -0.05) is 16.8 Å². The first-order valence-corrected chi connectivity index (χ1v) is 6.14. The standard InChI is InChI=1S/C12H12ClN3O4/c1-6(17)15-8-5-7(9-3-4-14-20-9)16-11(10(8)13)12(18)19-2/h4-5,9H,3H2,1-2H3,(H,15,16,17). The van der Waals surface area contributed by atoms with Crippen LogP contribution in [0.1, 0.15) is 35.6 Å². The van der Waals surface area contributed by atoms with Crippen molar-refractivity contribution in [3.63, 3.8) is 0 Å². The Bertz CT molecular complexity index is 580. The summed E-state index contributed by atoms with van der Waals surface area (Å²) < 4.78 is 4.62. The second kappa shape index (κ2) is 5.87. The summed E-state index contributed by atoms with van der Waals surface area (Å²) in [5.41, 5.74) is 0.641. The third-order valence-corrected chi connectivity index (χ3v) is 2.96. The van der Waals surface area contributed by atoms with Crippen LogP contribution in [0.2, 0.25) is 5.02 Å². The molecule has 1 aromatic rings. The monoisotopic (exact) mass is 297 g/mol. The highest BCUT2D eigenvalue weighted by Gasteiger charge is 2.24. The molecule has 0 radical (unpaired) electrons. The molecule has 1 aliphatic heterocycles. The van der Waals surface area contributed by atoms with Gasteiger partial charge in [0.05, 0.1) is 23.5 Å². The van der Waals surface area contributed by atoms with Crippen molar-refractivity contribution in [2.75, 3.05) is 12.4 Å². The minimum absolute atomic E-state index is 0.0229. The van der Waals surface area contributed by atoms with Crippen LogP contribution in [0.4, 0.5) is 5.69 Å². The average Bonchev–Trinajstić information content (AvgIpc) is 2.93. The summed E-state index contributed by atoms with van der Waals surface area (Å²) in [7, 11) is 1.22. The molecule has 1 amide bonds. The molecule has 7 nitrogen and oxygen atoms in total. The molecule has 0 spiro atoms. The van der Waals surface area contributed by atoms with E-state index in [0.717, 1.165) is 0 Å². The third-order valence-electron chi connectivity index (χ3n) is 2.58. The molecule has 1 aromatic heterocycles. The van der Waals surface area contributed by atoms with Gasteiger partial charge in [0, 0.05) is 19.6 Å². The number of nitrogens with zero attached hydrogens (tertiary/aromatic N) is 2. The molecule has 20 heavy (non-hydrogen) atoms. The smallest absolute Gasteiger partial charge is 0.358 e. The molecule has 1 N–H and O–H groups in total. The van der Waals surface area contributed by atoms with Crippen molar-refractivity contribution in [2.24, 2.45) is 5.16 Å². The molecule has 0 bridgehead atoms. The Hall–Kier alpha value is -2.15. The summed E-state index contributed by atoms with van der Waals surface area (Å²) in [5, 5.41) is 6.21. The van der Waals surface area contributed by atoms with Crippen molar-refractivity contribution in [1.29, 1.82) is 0 Å². The summed E-state index contributed by atoms with van der Waals surface area (Å²) in [6, 6.07) is 1.55. The number of anilines is 1. The van der Waals surface area contributed by atoms with E-state index < -0.39 is 12.1 Å². The maximum Gasteiger partial charge on any atom is 0.358 e. The summed E-state index contributed by atoms with van der Waals surface area (Å²) in [6.07, 6.45) is 1.70. The number of hydrogen-bond donors (Lipinski definition) is 1. The highest BCUT2D eigenvalue weighted by molar-refractivity contribution is 6.36. The van der Waals surface area contributed by atoms with E-state index in [1.807, 2.05) is 0 Å². The average molecular weight is 298 g/mol. The Balaban J connectivity index is 2.47. The quantitative estimate of drug-likeness (QED) is 0.861. The Morgan fingerprint density at radius 3 is 2.85 bits per heavy atom. The van der Waals surface area contributed by atoms with Crippen LogP contribution < -0.4 is 5.32 Å². The van der Waals surface area contributed by atoms with Gasteiger partial charge in [0.25, 0.3) is 0 Å². The molecule has 0 aliphatic carbocycles. The Kier molecular flexibility index (Phi) is 4.19. The molecule has 0 aromatic carbocycles. The van der Waals surface area contributed by atoms with Gasteiger partial charge in [0.2, 0.25) is 5.91 Å². The highest BCUT2D eigenvalue weighted by atomic mass is 35.5. The summed E-state index contributed by atoms with van der Waals surface area (Å²) in [5.74, 6) is -1.01. The Labute approximate surface area is 119 Å². The van der Waals surface area contributed by atoms with Crippen LogP contribution in [0.5, 0.6) is 0 Å². The number of hydrogen-bond acceptors (Lipinski definition) is 6. The molecule has 1 aliphatic rings. The van der Waals surface area contributed by atoms with Crippen molar-refractivity contribution in [1.82, 2.24) is 4.98 Å². The number of aromatic nitrogens is 1. The van der Waals surface area contributed by atoms with Crippen molar-refractivity contribution < 1.29 is 19.2 Å². The number of esters is 1. The number of rotatable bonds is 3. The van der Waals surface area contributed by atoms with Crippen LogP contribution in [0.25, 0.3) is 0 Å². The highest BCUT2D eigenvalue weighted by Crippen LogP contribution is 2.31. The molecule has 0 saturated carbocycles. The van der Waals surface area contributed by atoms with E-state index in [-0.39, 0.29) is 22.3 Å². The van der Waals surface area contributed by atoms with E-state index in [0.29, 0.717) is 12.1 Å². The van der Waals surface area contributed by atoms with Gasteiger partial charge in [-0.15, -0.1) is 0 Å². The van der Waals surface area contributed by atoms with Gasteiger partial charge in [-0.05, 0) is 6.07 Å². The van der Waals surface area contributed by atoms with Crippen LogP contribution in [-0.2, 0) is 14.4 Å². The van der Waals surface area contributed by atoms with Crippen molar-refractivity contribution in [3.8, 4) is 0 Å². The number of carbonyl (C=O) groups excluding carboxylic acids is 2. The van der Waals surface area contributed by atoms with Crippen LogP contribution in [0.15, 0.2) is 11.2 Å². The number of carbonyl (C=O) groups is 2. The van der Waals surface area contributed by atoms with Gasteiger partial charge in [0.1, 0.15) is 0 Å². The number of nitrogens with one attached hydrogen (secondary N) is 1. The molecule has 0 saturated heterocycles. The van der Waals surface area contributed by atoms with Crippen LogP contribution in [0, 0.1) is 0 Å².